The molecule has 0 saturated carbocycles. The van der Waals surface area contributed by atoms with Gasteiger partial charge in [-0.1, -0.05) is 255 Å². The molecule has 63 heavy (non-hydrogen) atoms. The van der Waals surface area contributed by atoms with Crippen LogP contribution in [0.2, 0.25) is 0 Å². The van der Waals surface area contributed by atoms with Crippen LogP contribution >= 0.6 is 0 Å². The monoisotopic (exact) mass is 798 g/mol. The van der Waals surface area contributed by atoms with Crippen LogP contribution in [-0.4, -0.2) is 0 Å². The second-order valence-corrected chi connectivity index (χ2v) is 16.7. The molecule has 11 aromatic rings. The van der Waals surface area contributed by atoms with Gasteiger partial charge in [0.25, 0.3) is 0 Å². The fraction of sp³-hybridized carbons (Fsp3) is 0.0159. The summed E-state index contributed by atoms with van der Waals surface area (Å²) in [5, 5.41) is 7.56. The minimum Gasteiger partial charge on any atom is -0.0622 e. The SMILES string of the molecule is C(=Cc1ccc(-c2c3ccccc3c(-c3ccc(C4(c5ccccc5)c5ccccc5-c5ccccc54)cc3)c3ccccc23)cc1)c1ccc(-c2cccc3ccccc23)cc1. The lowest BCUT2D eigenvalue weighted by atomic mass is 9.67. The summed E-state index contributed by atoms with van der Waals surface area (Å²) in [7, 11) is 0. The molecule has 1 aliphatic rings. The van der Waals surface area contributed by atoms with Gasteiger partial charge in [-0.25, -0.2) is 0 Å². The first-order valence-electron chi connectivity index (χ1n) is 21.9. The largest absolute Gasteiger partial charge is 0.0713 e. The molecule has 0 aliphatic heterocycles. The van der Waals surface area contributed by atoms with Gasteiger partial charge in [0.05, 0.1) is 5.41 Å². The Balaban J connectivity index is 0.911. The average molecular weight is 799 g/mol. The van der Waals surface area contributed by atoms with E-state index in [4.69, 9.17) is 0 Å². The van der Waals surface area contributed by atoms with Crippen molar-refractivity contribution >= 4 is 44.5 Å². The molecule has 0 fully saturated rings. The predicted octanol–water partition coefficient (Wildman–Crippen LogP) is 16.7. The highest BCUT2D eigenvalue weighted by Crippen LogP contribution is 2.56. The van der Waals surface area contributed by atoms with Gasteiger partial charge in [-0.3, -0.25) is 0 Å². The molecule has 1 aliphatic carbocycles. The molecule has 0 atom stereocenters. The van der Waals surface area contributed by atoms with Crippen LogP contribution in [0.4, 0.5) is 0 Å². The molecule has 0 nitrogen and oxygen atoms in total. The standard InChI is InChI=1S/C63H42/c1-2-17-49(18-3-1)63(59-27-12-10-20-53(59)54-21-11-13-28-60(54)63)50-41-39-48(40-42-50)62-57-24-8-6-22-55(57)61(56-23-7-9-25-58(56)62)47-37-33-44(34-38-47)30-29-43-31-35-46(36-32-43)52-26-14-16-45-15-4-5-19-51(45)52/h1-42H. The lowest BCUT2D eigenvalue weighted by molar-refractivity contribution is 0.768. The van der Waals surface area contributed by atoms with Crippen LogP contribution in [0.1, 0.15) is 33.4 Å². The molecule has 0 heteroatoms. The molecule has 12 rings (SSSR count). The van der Waals surface area contributed by atoms with E-state index in [2.05, 4.69) is 255 Å². The first-order valence-corrected chi connectivity index (χ1v) is 21.9. The van der Waals surface area contributed by atoms with Crippen LogP contribution in [0.25, 0.3) is 89.0 Å². The van der Waals surface area contributed by atoms with Gasteiger partial charge in [-0.15, -0.1) is 0 Å². The second kappa shape index (κ2) is 15.1. The second-order valence-electron chi connectivity index (χ2n) is 16.7. The maximum absolute atomic E-state index is 2.38. The van der Waals surface area contributed by atoms with Gasteiger partial charge < -0.3 is 0 Å². The Morgan fingerprint density at radius 2 is 0.635 bits per heavy atom. The van der Waals surface area contributed by atoms with E-state index in [0.717, 1.165) is 0 Å². The molecular weight excluding hydrogens is 757 g/mol. The minimum absolute atomic E-state index is 0.426. The van der Waals surface area contributed by atoms with Crippen molar-refractivity contribution in [1.29, 1.82) is 0 Å². The lowest BCUT2D eigenvalue weighted by Crippen LogP contribution is -2.28. The Bertz CT molecular complexity index is 3410. The van der Waals surface area contributed by atoms with E-state index in [0.29, 0.717) is 0 Å². The summed E-state index contributed by atoms with van der Waals surface area (Å²) in [5.41, 5.74) is 17.2. The third-order valence-electron chi connectivity index (χ3n) is 13.4. The maximum Gasteiger partial charge on any atom is 0.0713 e. The van der Waals surface area contributed by atoms with E-state index < -0.39 is 5.41 Å². The number of hydrogen-bond acceptors (Lipinski definition) is 0. The molecule has 11 aromatic carbocycles. The van der Waals surface area contributed by atoms with Crippen LogP contribution < -0.4 is 0 Å². The van der Waals surface area contributed by atoms with Crippen LogP contribution in [0.5, 0.6) is 0 Å². The van der Waals surface area contributed by atoms with E-state index in [1.165, 1.54) is 110 Å². The summed E-state index contributed by atoms with van der Waals surface area (Å²) >= 11 is 0. The van der Waals surface area contributed by atoms with Crippen LogP contribution in [0, 0.1) is 0 Å². The summed E-state index contributed by atoms with van der Waals surface area (Å²) in [6.45, 7) is 0. The van der Waals surface area contributed by atoms with Gasteiger partial charge in [-0.05, 0) is 110 Å². The van der Waals surface area contributed by atoms with Gasteiger partial charge >= 0.3 is 0 Å². The Morgan fingerprint density at radius 3 is 1.17 bits per heavy atom. The number of benzene rings is 11. The summed E-state index contributed by atoms with van der Waals surface area (Å²) in [5.74, 6) is 0. The number of rotatable bonds is 7. The minimum atomic E-state index is -0.426. The van der Waals surface area contributed by atoms with E-state index >= 15 is 0 Å². The van der Waals surface area contributed by atoms with Crippen LogP contribution in [0.3, 0.4) is 0 Å². The highest BCUT2D eigenvalue weighted by Gasteiger charge is 2.45. The van der Waals surface area contributed by atoms with Crippen molar-refractivity contribution in [3.63, 3.8) is 0 Å². The number of hydrogen-bond donors (Lipinski definition) is 0. The zero-order valence-corrected chi connectivity index (χ0v) is 34.7. The molecule has 0 bridgehead atoms. The van der Waals surface area contributed by atoms with Gasteiger partial charge in [0.15, 0.2) is 0 Å². The van der Waals surface area contributed by atoms with Crippen molar-refractivity contribution < 1.29 is 0 Å². The third-order valence-corrected chi connectivity index (χ3v) is 13.4. The van der Waals surface area contributed by atoms with Crippen molar-refractivity contribution in [1.82, 2.24) is 0 Å². The summed E-state index contributed by atoms with van der Waals surface area (Å²) in [4.78, 5) is 0. The fourth-order valence-electron chi connectivity index (χ4n) is 10.6. The topological polar surface area (TPSA) is 0 Å². The first-order chi connectivity index (χ1) is 31.3. The normalized spacial score (nSPS) is 12.8. The molecule has 0 aromatic heterocycles. The van der Waals surface area contributed by atoms with Crippen molar-refractivity contribution in [2.24, 2.45) is 0 Å². The van der Waals surface area contributed by atoms with Crippen molar-refractivity contribution in [3.8, 4) is 44.5 Å². The zero-order chi connectivity index (χ0) is 41.7. The van der Waals surface area contributed by atoms with Crippen LogP contribution in [0.15, 0.2) is 243 Å². The summed E-state index contributed by atoms with van der Waals surface area (Å²) in [6.07, 6.45) is 4.42. The van der Waals surface area contributed by atoms with E-state index in [-0.39, 0.29) is 0 Å². The van der Waals surface area contributed by atoms with Crippen molar-refractivity contribution in [2.45, 2.75) is 5.41 Å². The Labute approximate surface area is 368 Å². The molecule has 0 amide bonds. The van der Waals surface area contributed by atoms with Crippen molar-refractivity contribution in [2.75, 3.05) is 0 Å². The maximum atomic E-state index is 2.38. The van der Waals surface area contributed by atoms with E-state index in [9.17, 15) is 0 Å². The molecule has 0 saturated heterocycles. The third kappa shape index (κ3) is 5.98. The van der Waals surface area contributed by atoms with Gasteiger partial charge in [0, 0.05) is 0 Å². The van der Waals surface area contributed by atoms with Gasteiger partial charge in [-0.2, -0.15) is 0 Å². The number of fused-ring (bicyclic) bond motifs is 6. The predicted molar refractivity (Wildman–Crippen MR) is 268 cm³/mol. The highest BCUT2D eigenvalue weighted by atomic mass is 14.5. The quantitative estimate of drug-likeness (QED) is 0.111. The van der Waals surface area contributed by atoms with E-state index in [1.807, 2.05) is 0 Å². The lowest BCUT2D eigenvalue weighted by Gasteiger charge is -2.34. The Hall–Kier alpha value is -8.06. The van der Waals surface area contributed by atoms with Crippen molar-refractivity contribution in [3.05, 3.63) is 276 Å². The molecule has 0 radical (unpaired) electrons. The fourth-order valence-corrected chi connectivity index (χ4v) is 10.6. The smallest absolute Gasteiger partial charge is 0.0622 e. The molecule has 0 heterocycles. The Morgan fingerprint density at radius 1 is 0.254 bits per heavy atom. The molecule has 294 valence electrons. The molecule has 0 spiro atoms. The van der Waals surface area contributed by atoms with Gasteiger partial charge in [0.1, 0.15) is 0 Å². The first kappa shape index (κ1) is 36.8. The molecule has 0 unspecified atom stereocenters. The Kier molecular flexibility index (Phi) is 8.83. The summed E-state index contributed by atoms with van der Waals surface area (Å²) < 4.78 is 0. The zero-order valence-electron chi connectivity index (χ0n) is 34.7. The molecular formula is C63H42. The highest BCUT2D eigenvalue weighted by molar-refractivity contribution is 6.21. The molecule has 0 N–H and O–H groups in total. The average Bonchev–Trinajstić information content (AvgIpc) is 3.66. The van der Waals surface area contributed by atoms with Gasteiger partial charge in [0.2, 0.25) is 0 Å². The summed E-state index contributed by atoms with van der Waals surface area (Å²) in [6, 6.07) is 89.4. The van der Waals surface area contributed by atoms with E-state index in [1.54, 1.807) is 0 Å². The van der Waals surface area contributed by atoms with Crippen LogP contribution in [-0.2, 0) is 5.41 Å².